The molecule has 0 N–H and O–H groups in total. The molecule has 13 rings (SSSR count). The summed E-state index contributed by atoms with van der Waals surface area (Å²) in [6, 6.07) is 64.5. The van der Waals surface area contributed by atoms with E-state index >= 15 is 0 Å². The molecule has 0 bridgehead atoms. The van der Waals surface area contributed by atoms with Gasteiger partial charge in [-0.25, -0.2) is 9.97 Å². The van der Waals surface area contributed by atoms with Crippen molar-refractivity contribution in [3.05, 3.63) is 198 Å². The van der Waals surface area contributed by atoms with E-state index in [4.69, 9.17) is 9.97 Å². The SMILES string of the molecule is c1ccc(-c2cccc(-c3nc4sc5ccccc5c4nc3-n3c4cccc5c4c4c6c(cccc6ccc43)C53c4ccccc4-c4ccccc43)c2)cc1. The molecule has 0 fully saturated rings. The summed E-state index contributed by atoms with van der Waals surface area (Å²) in [4.78, 5) is 12.2. The Hall–Kier alpha value is -6.88. The average molecular weight is 716 g/mol. The van der Waals surface area contributed by atoms with E-state index in [-0.39, 0.29) is 0 Å². The molecule has 0 unspecified atom stereocenters. The molecule has 0 saturated heterocycles. The number of benzene rings is 8. The minimum Gasteiger partial charge on any atom is -0.292 e. The van der Waals surface area contributed by atoms with Crippen molar-refractivity contribution < 1.29 is 0 Å². The molecular formula is C51H29N3S. The largest absolute Gasteiger partial charge is 0.292 e. The topological polar surface area (TPSA) is 30.7 Å². The van der Waals surface area contributed by atoms with Crippen LogP contribution < -0.4 is 0 Å². The van der Waals surface area contributed by atoms with Crippen LogP contribution in [0.3, 0.4) is 0 Å². The maximum absolute atomic E-state index is 5.68. The first kappa shape index (κ1) is 29.6. The summed E-state index contributed by atoms with van der Waals surface area (Å²) in [5, 5.41) is 6.27. The van der Waals surface area contributed by atoms with Gasteiger partial charge in [0.2, 0.25) is 0 Å². The highest BCUT2D eigenvalue weighted by Gasteiger charge is 2.50. The van der Waals surface area contributed by atoms with Gasteiger partial charge < -0.3 is 0 Å². The van der Waals surface area contributed by atoms with Crippen LogP contribution in [-0.4, -0.2) is 14.5 Å². The zero-order chi connectivity index (χ0) is 35.8. The first-order chi connectivity index (χ1) is 27.3. The second kappa shape index (κ2) is 10.6. The molecule has 3 aromatic heterocycles. The van der Waals surface area contributed by atoms with Gasteiger partial charge in [0.1, 0.15) is 16.0 Å². The summed E-state index contributed by atoms with van der Waals surface area (Å²) in [5.41, 5.74) is 15.0. The zero-order valence-corrected chi connectivity index (χ0v) is 30.3. The Morgan fingerprint density at radius 2 is 1.09 bits per heavy atom. The van der Waals surface area contributed by atoms with Crippen LogP contribution in [0.5, 0.6) is 0 Å². The number of hydrogen-bond donors (Lipinski definition) is 0. The van der Waals surface area contributed by atoms with E-state index in [0.29, 0.717) is 0 Å². The Balaban J connectivity index is 1.20. The number of rotatable bonds is 3. The van der Waals surface area contributed by atoms with Crippen molar-refractivity contribution in [1.82, 2.24) is 14.5 Å². The lowest BCUT2D eigenvalue weighted by Crippen LogP contribution is -2.30. The Kier molecular flexibility index (Phi) is 5.71. The van der Waals surface area contributed by atoms with Crippen LogP contribution in [0.25, 0.3) is 92.3 Å². The molecule has 0 radical (unpaired) electrons. The van der Waals surface area contributed by atoms with Gasteiger partial charge in [-0.15, -0.1) is 11.3 Å². The molecule has 0 aliphatic heterocycles. The summed E-state index contributed by atoms with van der Waals surface area (Å²) in [6.45, 7) is 0. The molecule has 3 heterocycles. The fourth-order valence-corrected chi connectivity index (χ4v) is 11.1. The quantitative estimate of drug-likeness (QED) is 0.182. The van der Waals surface area contributed by atoms with E-state index in [1.54, 1.807) is 11.3 Å². The average Bonchev–Trinajstić information content (AvgIpc) is 3.89. The van der Waals surface area contributed by atoms with Crippen molar-refractivity contribution in [2.75, 3.05) is 0 Å². The maximum Gasteiger partial charge on any atom is 0.165 e. The van der Waals surface area contributed by atoms with E-state index in [2.05, 4.69) is 180 Å². The molecule has 11 aromatic rings. The zero-order valence-electron chi connectivity index (χ0n) is 29.5. The van der Waals surface area contributed by atoms with Crippen molar-refractivity contribution in [2.45, 2.75) is 5.41 Å². The number of nitrogens with zero attached hydrogens (tertiary/aromatic N) is 3. The summed E-state index contributed by atoms with van der Waals surface area (Å²) >= 11 is 1.71. The standard InChI is InChI=1S/C51H29N3S/c1-2-13-30(14-3-1)32-16-10-17-33(29-32)47-49(52-48-36-20-6-9-26-43(36)55-50(48)53-47)54-41-25-12-24-40-45(41)46-42(54)28-27-31-15-11-23-39(44(31)46)51(40)37-21-7-4-18-34(37)35-19-5-8-22-38(35)51/h1-29H. The molecule has 8 aromatic carbocycles. The molecule has 2 aliphatic carbocycles. The fraction of sp³-hybridized carbons (Fsp3) is 0.0196. The summed E-state index contributed by atoms with van der Waals surface area (Å²) < 4.78 is 3.61. The van der Waals surface area contributed by atoms with Gasteiger partial charge in [-0.05, 0) is 79.5 Å². The second-order valence-corrected chi connectivity index (χ2v) is 15.9. The number of thiophene rings is 1. The van der Waals surface area contributed by atoms with E-state index in [1.165, 1.54) is 65.2 Å². The van der Waals surface area contributed by atoms with Gasteiger partial charge in [0, 0.05) is 26.4 Å². The van der Waals surface area contributed by atoms with Crippen LogP contribution in [0.15, 0.2) is 176 Å². The van der Waals surface area contributed by atoms with Gasteiger partial charge in [0.05, 0.1) is 16.4 Å². The molecule has 254 valence electrons. The first-order valence-corrected chi connectivity index (χ1v) is 19.7. The Morgan fingerprint density at radius 1 is 0.455 bits per heavy atom. The van der Waals surface area contributed by atoms with E-state index < -0.39 is 5.41 Å². The van der Waals surface area contributed by atoms with Crippen molar-refractivity contribution in [3.63, 3.8) is 0 Å². The van der Waals surface area contributed by atoms with Crippen molar-refractivity contribution in [1.29, 1.82) is 0 Å². The van der Waals surface area contributed by atoms with E-state index in [9.17, 15) is 0 Å². The predicted octanol–water partition coefficient (Wildman–Crippen LogP) is 13.1. The molecule has 3 nitrogen and oxygen atoms in total. The van der Waals surface area contributed by atoms with Crippen LogP contribution >= 0.6 is 11.3 Å². The lowest BCUT2D eigenvalue weighted by Gasteiger charge is -2.37. The third-order valence-electron chi connectivity index (χ3n) is 12.2. The molecule has 2 aliphatic rings. The maximum atomic E-state index is 5.68. The monoisotopic (exact) mass is 715 g/mol. The number of fused-ring (bicyclic) bond motifs is 10. The van der Waals surface area contributed by atoms with Crippen LogP contribution in [-0.2, 0) is 5.41 Å². The fourth-order valence-electron chi connectivity index (χ4n) is 10.1. The van der Waals surface area contributed by atoms with Crippen LogP contribution in [0, 0.1) is 0 Å². The third-order valence-corrected chi connectivity index (χ3v) is 13.3. The van der Waals surface area contributed by atoms with Gasteiger partial charge in [0.15, 0.2) is 5.82 Å². The van der Waals surface area contributed by atoms with Gasteiger partial charge in [-0.2, -0.15) is 0 Å². The molecule has 0 amide bonds. The van der Waals surface area contributed by atoms with Crippen LogP contribution in [0.2, 0.25) is 0 Å². The lowest BCUT2D eigenvalue weighted by molar-refractivity contribution is 0.783. The highest BCUT2D eigenvalue weighted by Crippen LogP contribution is 2.62. The number of hydrogen-bond acceptors (Lipinski definition) is 3. The summed E-state index contributed by atoms with van der Waals surface area (Å²) in [6.07, 6.45) is 0. The van der Waals surface area contributed by atoms with Gasteiger partial charge in [0.25, 0.3) is 0 Å². The van der Waals surface area contributed by atoms with Gasteiger partial charge in [-0.1, -0.05) is 152 Å². The lowest BCUT2D eigenvalue weighted by atomic mass is 9.63. The second-order valence-electron chi connectivity index (χ2n) is 14.8. The van der Waals surface area contributed by atoms with Crippen LogP contribution in [0.4, 0.5) is 0 Å². The van der Waals surface area contributed by atoms with Crippen LogP contribution in [0.1, 0.15) is 22.3 Å². The Labute approximate surface area is 320 Å². The molecular weight excluding hydrogens is 687 g/mol. The molecule has 1 spiro atoms. The summed E-state index contributed by atoms with van der Waals surface area (Å²) in [5.74, 6) is 0.846. The van der Waals surface area contributed by atoms with Crippen molar-refractivity contribution in [3.8, 4) is 39.3 Å². The van der Waals surface area contributed by atoms with Crippen molar-refractivity contribution in [2.24, 2.45) is 0 Å². The van der Waals surface area contributed by atoms with Gasteiger partial charge >= 0.3 is 0 Å². The molecule has 0 saturated carbocycles. The Morgan fingerprint density at radius 3 is 1.93 bits per heavy atom. The van der Waals surface area contributed by atoms with Crippen molar-refractivity contribution >= 4 is 64.3 Å². The van der Waals surface area contributed by atoms with E-state index in [0.717, 1.165) is 49.4 Å². The summed E-state index contributed by atoms with van der Waals surface area (Å²) in [7, 11) is 0. The highest BCUT2D eigenvalue weighted by molar-refractivity contribution is 7.25. The van der Waals surface area contributed by atoms with Gasteiger partial charge in [-0.3, -0.25) is 4.57 Å². The third kappa shape index (κ3) is 3.70. The minimum absolute atomic E-state index is 0.467. The molecule has 4 heteroatoms. The highest BCUT2D eigenvalue weighted by atomic mass is 32.1. The minimum atomic E-state index is -0.467. The first-order valence-electron chi connectivity index (χ1n) is 18.8. The smallest absolute Gasteiger partial charge is 0.165 e. The normalized spacial score (nSPS) is 13.6. The molecule has 0 atom stereocenters. The number of aromatic nitrogens is 3. The predicted molar refractivity (Wildman–Crippen MR) is 228 cm³/mol. The van der Waals surface area contributed by atoms with E-state index in [1.807, 2.05) is 0 Å². The Bertz CT molecular complexity index is 3400. The molecule has 55 heavy (non-hydrogen) atoms.